The van der Waals surface area contributed by atoms with Crippen LogP contribution in [0.1, 0.15) is 25.0 Å². The van der Waals surface area contributed by atoms with E-state index >= 15 is 0 Å². The molecule has 0 radical (unpaired) electrons. The summed E-state index contributed by atoms with van der Waals surface area (Å²) >= 11 is 3.55. The fraction of sp³-hybridized carbons (Fsp3) is 0.308. The van der Waals surface area contributed by atoms with Crippen LogP contribution in [0.25, 0.3) is 16.6 Å². The van der Waals surface area contributed by atoms with E-state index in [1.54, 1.807) is 17.8 Å². The summed E-state index contributed by atoms with van der Waals surface area (Å²) in [6, 6.07) is 13.1. The van der Waals surface area contributed by atoms with E-state index in [0.717, 1.165) is 46.6 Å². The average molecular weight is 532 g/mol. The number of rotatable bonds is 5. The van der Waals surface area contributed by atoms with Gasteiger partial charge in [-0.15, -0.1) is 0 Å². The van der Waals surface area contributed by atoms with Crippen LogP contribution in [-0.2, 0) is 6.54 Å². The van der Waals surface area contributed by atoms with Gasteiger partial charge in [0.1, 0.15) is 11.9 Å². The van der Waals surface area contributed by atoms with Crippen molar-refractivity contribution >= 4 is 27.3 Å². The van der Waals surface area contributed by atoms with Gasteiger partial charge < -0.3 is 9.64 Å². The molecule has 5 heterocycles. The second kappa shape index (κ2) is 9.64. The topological polar surface area (TPSA) is 82.6 Å². The van der Waals surface area contributed by atoms with E-state index in [1.165, 1.54) is 5.56 Å². The van der Waals surface area contributed by atoms with Crippen molar-refractivity contribution in [3.8, 4) is 23.1 Å². The number of ether oxygens (including phenoxy) is 1. The highest BCUT2D eigenvalue weighted by molar-refractivity contribution is 9.10. The quantitative estimate of drug-likeness (QED) is 0.374. The zero-order valence-electron chi connectivity index (χ0n) is 19.9. The molecular weight excluding hydrogens is 506 g/mol. The molecule has 1 saturated heterocycles. The van der Waals surface area contributed by atoms with Crippen LogP contribution < -0.4 is 9.64 Å². The Morgan fingerprint density at radius 2 is 1.89 bits per heavy atom. The first-order chi connectivity index (χ1) is 17.0. The predicted octanol–water partition coefficient (Wildman–Crippen LogP) is 4.53. The summed E-state index contributed by atoms with van der Waals surface area (Å²) in [5.41, 5.74) is 4.38. The van der Waals surface area contributed by atoms with E-state index in [-0.39, 0.29) is 0 Å². The lowest BCUT2D eigenvalue weighted by molar-refractivity contribution is 0.122. The molecule has 4 aromatic rings. The van der Waals surface area contributed by atoms with Gasteiger partial charge >= 0.3 is 0 Å². The smallest absolute Gasteiger partial charge is 0.212 e. The van der Waals surface area contributed by atoms with Crippen LogP contribution in [-0.4, -0.2) is 56.8 Å². The van der Waals surface area contributed by atoms with Gasteiger partial charge in [-0.3, -0.25) is 4.90 Å². The van der Waals surface area contributed by atoms with Crippen molar-refractivity contribution in [3.63, 3.8) is 0 Å². The summed E-state index contributed by atoms with van der Waals surface area (Å²) in [5, 5.41) is 13.8. The maximum atomic E-state index is 9.52. The number of fused-ring (bicyclic) bond motifs is 1. The third-order valence-electron chi connectivity index (χ3n) is 6.56. The van der Waals surface area contributed by atoms with Crippen LogP contribution in [0.5, 0.6) is 5.88 Å². The molecular formula is C26H26BrN7O. The van der Waals surface area contributed by atoms with Crippen LogP contribution in [0.15, 0.2) is 59.6 Å². The van der Waals surface area contributed by atoms with Crippen molar-refractivity contribution in [3.05, 3.63) is 70.7 Å². The van der Waals surface area contributed by atoms with Crippen molar-refractivity contribution in [1.82, 2.24) is 24.5 Å². The summed E-state index contributed by atoms with van der Waals surface area (Å²) in [4.78, 5) is 14.0. The third-order valence-corrected chi connectivity index (χ3v) is 6.99. The van der Waals surface area contributed by atoms with E-state index in [1.807, 2.05) is 30.7 Å². The second-order valence-electron chi connectivity index (χ2n) is 8.92. The van der Waals surface area contributed by atoms with Crippen molar-refractivity contribution in [1.29, 1.82) is 5.26 Å². The van der Waals surface area contributed by atoms with E-state index in [4.69, 9.17) is 9.72 Å². The van der Waals surface area contributed by atoms with Crippen molar-refractivity contribution in [2.24, 2.45) is 0 Å². The average Bonchev–Trinajstić information content (AvgIpc) is 3.29. The minimum absolute atomic E-state index is 0.358. The summed E-state index contributed by atoms with van der Waals surface area (Å²) in [7, 11) is 1.63. The molecule has 1 fully saturated rings. The molecule has 1 aliphatic rings. The number of anilines is 1. The Kier molecular flexibility index (Phi) is 6.41. The van der Waals surface area contributed by atoms with Gasteiger partial charge in [-0.05, 0) is 53.5 Å². The largest absolute Gasteiger partial charge is 0.481 e. The molecule has 0 spiro atoms. The minimum atomic E-state index is 0.358. The molecule has 0 N–H and O–H groups in total. The van der Waals surface area contributed by atoms with E-state index in [2.05, 4.69) is 73.9 Å². The zero-order valence-corrected chi connectivity index (χ0v) is 21.5. The van der Waals surface area contributed by atoms with E-state index < -0.39 is 0 Å². The number of hydrogen-bond donors (Lipinski definition) is 0. The highest BCUT2D eigenvalue weighted by Crippen LogP contribution is 2.31. The standard InChI is InChI=1S/C26H26BrN7O/c1-17-13-32(14-18(2)33(17)15-19-4-7-25(35-3)30-10-19)24-6-5-20(11-29-24)23-8-22(27)16-34-26(23)21(9-28)12-31-34/h4-8,10-12,16-18H,13-15H2,1-3H3. The molecule has 0 aromatic carbocycles. The number of pyridine rings is 3. The molecule has 1 aliphatic heterocycles. The van der Waals surface area contributed by atoms with Crippen LogP contribution >= 0.6 is 15.9 Å². The molecule has 0 amide bonds. The lowest BCUT2D eigenvalue weighted by atomic mass is 10.0. The van der Waals surface area contributed by atoms with Crippen LogP contribution in [0.4, 0.5) is 5.82 Å². The molecule has 4 aromatic heterocycles. The number of hydrogen-bond acceptors (Lipinski definition) is 7. The molecule has 0 aliphatic carbocycles. The van der Waals surface area contributed by atoms with Gasteiger partial charge in [0, 0.05) is 72.0 Å². The predicted molar refractivity (Wildman–Crippen MR) is 138 cm³/mol. The number of halogens is 1. The number of piperazine rings is 1. The van der Waals surface area contributed by atoms with Crippen LogP contribution in [0, 0.1) is 11.3 Å². The Labute approximate surface area is 212 Å². The summed E-state index contributed by atoms with van der Waals surface area (Å²) in [5.74, 6) is 1.59. The molecule has 35 heavy (non-hydrogen) atoms. The third kappa shape index (κ3) is 4.59. The highest BCUT2D eigenvalue weighted by atomic mass is 79.9. The first-order valence-corrected chi connectivity index (χ1v) is 12.3. The van der Waals surface area contributed by atoms with Gasteiger partial charge in [0.25, 0.3) is 0 Å². The van der Waals surface area contributed by atoms with Crippen molar-refractivity contribution < 1.29 is 4.74 Å². The van der Waals surface area contributed by atoms with E-state index in [9.17, 15) is 5.26 Å². The maximum Gasteiger partial charge on any atom is 0.212 e. The Bertz CT molecular complexity index is 1370. The molecule has 9 heteroatoms. The zero-order chi connectivity index (χ0) is 24.5. The number of nitriles is 1. The Morgan fingerprint density at radius 3 is 2.51 bits per heavy atom. The van der Waals surface area contributed by atoms with Crippen LogP contribution in [0.3, 0.4) is 0 Å². The highest BCUT2D eigenvalue weighted by Gasteiger charge is 2.30. The second-order valence-corrected chi connectivity index (χ2v) is 9.84. The van der Waals surface area contributed by atoms with Gasteiger partial charge in [-0.2, -0.15) is 10.4 Å². The summed E-state index contributed by atoms with van der Waals surface area (Å²) < 4.78 is 7.80. The van der Waals surface area contributed by atoms with Gasteiger partial charge in [-0.25, -0.2) is 14.5 Å². The first-order valence-electron chi connectivity index (χ1n) is 11.5. The maximum absolute atomic E-state index is 9.52. The monoisotopic (exact) mass is 531 g/mol. The van der Waals surface area contributed by atoms with Crippen LogP contribution in [0.2, 0.25) is 0 Å². The molecule has 0 saturated carbocycles. The molecule has 178 valence electrons. The summed E-state index contributed by atoms with van der Waals surface area (Å²) in [6.45, 7) is 7.15. The molecule has 2 unspecified atom stereocenters. The molecule has 8 nitrogen and oxygen atoms in total. The Morgan fingerprint density at radius 1 is 1.09 bits per heavy atom. The molecule has 0 bridgehead atoms. The van der Waals surface area contributed by atoms with Gasteiger partial charge in [0.15, 0.2) is 0 Å². The van der Waals surface area contributed by atoms with Crippen molar-refractivity contribution in [2.75, 3.05) is 25.1 Å². The number of nitrogens with zero attached hydrogens (tertiary/aromatic N) is 7. The Balaban J connectivity index is 1.34. The SMILES string of the molecule is COc1ccc(CN2C(C)CN(c3ccc(-c4cc(Br)cn5ncc(C#N)c45)cn3)CC2C)cn1. The number of aromatic nitrogens is 4. The number of methoxy groups -OCH3 is 1. The lowest BCUT2D eigenvalue weighted by Crippen LogP contribution is -2.56. The first kappa shape index (κ1) is 23.3. The van der Waals surface area contributed by atoms with Gasteiger partial charge in [0.05, 0.1) is 24.4 Å². The van der Waals surface area contributed by atoms with Crippen molar-refractivity contribution in [2.45, 2.75) is 32.5 Å². The normalized spacial score (nSPS) is 18.5. The fourth-order valence-corrected chi connectivity index (χ4v) is 5.24. The summed E-state index contributed by atoms with van der Waals surface area (Å²) in [6.07, 6.45) is 7.22. The molecule has 5 rings (SSSR count). The van der Waals surface area contributed by atoms with Gasteiger partial charge in [0.2, 0.25) is 5.88 Å². The van der Waals surface area contributed by atoms with Gasteiger partial charge in [-0.1, -0.05) is 6.07 Å². The lowest BCUT2D eigenvalue weighted by Gasteiger charge is -2.45. The van der Waals surface area contributed by atoms with E-state index in [0.29, 0.717) is 23.5 Å². The molecule has 2 atom stereocenters. The minimum Gasteiger partial charge on any atom is -0.481 e. The fourth-order valence-electron chi connectivity index (χ4n) is 4.81. The Hall–Kier alpha value is -3.48.